The number of hydrogen-bond acceptors (Lipinski definition) is 10. The Bertz CT molecular complexity index is 1410. The van der Waals surface area contributed by atoms with Gasteiger partial charge in [0.1, 0.15) is 30.8 Å². The average molecular weight is 1070 g/mol. The van der Waals surface area contributed by atoms with E-state index in [-0.39, 0.29) is 18.4 Å². The number of nitrogens with zero attached hydrogens (tertiary/aromatic N) is 4. The molecule has 0 spiro atoms. The molecule has 2 heterocycles. The van der Waals surface area contributed by atoms with Crippen LogP contribution in [0, 0.1) is 14.3 Å². The van der Waals surface area contributed by atoms with Crippen molar-refractivity contribution < 1.29 is 39.5 Å². The van der Waals surface area contributed by atoms with Gasteiger partial charge >= 0.3 is 6.03 Å². The van der Waals surface area contributed by atoms with Gasteiger partial charge in [0.05, 0.1) is 32.6 Å². The van der Waals surface area contributed by atoms with Gasteiger partial charge in [-0.2, -0.15) is 0 Å². The van der Waals surface area contributed by atoms with E-state index in [1.54, 1.807) is 43.8 Å². The fraction of sp³-hybridized carbons (Fsp3) is 0.310. The normalized spacial score (nSPS) is 12.5. The van der Waals surface area contributed by atoms with E-state index >= 15 is 0 Å². The minimum Gasteiger partial charge on any atom is -0.506 e. The van der Waals surface area contributed by atoms with E-state index in [2.05, 4.69) is 100 Å². The quantitative estimate of drug-likeness (QED) is 0.107. The zero-order valence-electron chi connectivity index (χ0n) is 24.1. The fourth-order valence-electron chi connectivity index (χ4n) is 3.49. The zero-order valence-corrected chi connectivity index (χ0v) is 32.8. The second kappa shape index (κ2) is 20.6. The van der Waals surface area contributed by atoms with Crippen LogP contribution in [-0.2, 0) is 16.1 Å². The third-order valence-electron chi connectivity index (χ3n) is 5.67. The molecule has 0 fully saturated rings. The molecular weight excluding hydrogens is 1040 g/mol. The first kappa shape index (κ1) is 39.6. The monoisotopic (exact) mass is 1070 g/mol. The lowest BCUT2D eigenvalue weighted by atomic mass is 10.1. The molecule has 0 aliphatic rings. The van der Waals surface area contributed by atoms with Gasteiger partial charge in [0.2, 0.25) is 0 Å². The number of phenolic OH excluding ortho intramolecular Hbond substituents is 1. The van der Waals surface area contributed by atoms with Crippen LogP contribution in [0.3, 0.4) is 0 Å². The fourth-order valence-corrected chi connectivity index (χ4v) is 7.32. The number of hydrogen-bond donors (Lipinski definition) is 4. The molecule has 0 saturated heterocycles. The van der Waals surface area contributed by atoms with E-state index in [9.17, 15) is 19.8 Å². The number of aliphatic hydroxyl groups excluding tert-OH is 3. The minimum absolute atomic E-state index is 0.190. The number of imidazole rings is 2. The molecule has 4 N–H and O–H groups in total. The van der Waals surface area contributed by atoms with Crippen LogP contribution in [0.1, 0.15) is 38.7 Å². The zero-order chi connectivity index (χ0) is 33.5. The molecule has 0 aliphatic carbocycles. The van der Waals surface area contributed by atoms with Crippen molar-refractivity contribution in [1.82, 2.24) is 19.1 Å². The number of aliphatic hydroxyl groups is 3. The maximum Gasteiger partial charge on any atom is 0.338 e. The van der Waals surface area contributed by atoms with Crippen LogP contribution in [0.4, 0.5) is 4.79 Å². The molecule has 0 bridgehead atoms. The Hall–Kier alpha value is -1.60. The molecule has 2 aromatic heterocycles. The van der Waals surface area contributed by atoms with Crippen LogP contribution in [0.5, 0.6) is 17.2 Å². The maximum atomic E-state index is 11.4. The van der Waals surface area contributed by atoms with E-state index in [1.807, 2.05) is 19.1 Å². The minimum atomic E-state index is -0.579. The van der Waals surface area contributed by atoms with Crippen molar-refractivity contribution in [2.45, 2.75) is 58.0 Å². The predicted molar refractivity (Wildman–Crippen MR) is 200 cm³/mol. The molecule has 2 aromatic carbocycles. The van der Waals surface area contributed by atoms with Crippen molar-refractivity contribution in [2.75, 3.05) is 0 Å². The van der Waals surface area contributed by atoms with E-state index < -0.39 is 18.3 Å². The highest BCUT2D eigenvalue weighted by atomic mass is 127. The summed E-state index contributed by atoms with van der Waals surface area (Å²) in [6.07, 6.45) is 9.01. The van der Waals surface area contributed by atoms with Gasteiger partial charge in [0.15, 0.2) is 5.75 Å². The van der Waals surface area contributed by atoms with Crippen molar-refractivity contribution in [3.05, 3.63) is 81.6 Å². The number of benzene rings is 2. The van der Waals surface area contributed by atoms with Gasteiger partial charge in [-0.25, -0.2) is 14.8 Å². The molecule has 12 nitrogen and oxygen atoms in total. The summed E-state index contributed by atoms with van der Waals surface area (Å²) in [5.41, 5.74) is 0.906. The number of phenols is 1. The van der Waals surface area contributed by atoms with Gasteiger partial charge in [-0.3, -0.25) is 13.9 Å². The first-order chi connectivity index (χ1) is 21.4. The Balaban J connectivity index is 0.000000259. The maximum absolute atomic E-state index is 11.4. The molecule has 3 atom stereocenters. The Kier molecular flexibility index (Phi) is 18.1. The highest BCUT2D eigenvalue weighted by Gasteiger charge is 2.14. The molecular formula is C29H32I4N4O8. The predicted octanol–water partition coefficient (Wildman–Crippen LogP) is 6.15. The Labute approximate surface area is 315 Å². The largest absolute Gasteiger partial charge is 0.506 e. The van der Waals surface area contributed by atoms with Crippen molar-refractivity contribution >= 4 is 103 Å². The first-order valence-corrected chi connectivity index (χ1v) is 17.6. The van der Waals surface area contributed by atoms with Gasteiger partial charge in [-0.15, -0.1) is 0 Å². The lowest BCUT2D eigenvalue weighted by Gasteiger charge is -2.15. The number of carbonyl (C=O) groups is 2. The van der Waals surface area contributed by atoms with E-state index in [4.69, 9.17) is 19.7 Å². The summed E-state index contributed by atoms with van der Waals surface area (Å²) < 4.78 is 16.8. The second-order valence-corrected chi connectivity index (χ2v) is 14.0. The van der Waals surface area contributed by atoms with E-state index in [1.165, 1.54) is 21.8 Å². The highest BCUT2D eigenvalue weighted by Crippen LogP contribution is 2.36. The Morgan fingerprint density at radius 2 is 1.42 bits per heavy atom. The van der Waals surface area contributed by atoms with Crippen LogP contribution in [0.25, 0.3) is 0 Å². The van der Waals surface area contributed by atoms with Gasteiger partial charge < -0.3 is 29.9 Å². The molecule has 3 unspecified atom stereocenters. The van der Waals surface area contributed by atoms with Crippen LogP contribution in [0.15, 0.2) is 61.7 Å². The summed E-state index contributed by atoms with van der Waals surface area (Å²) in [5, 5.41) is 37.0. The van der Waals surface area contributed by atoms with Crippen molar-refractivity contribution in [3.8, 4) is 17.2 Å². The first-order valence-electron chi connectivity index (χ1n) is 13.3. The summed E-state index contributed by atoms with van der Waals surface area (Å²) in [4.78, 5) is 29.2. The summed E-state index contributed by atoms with van der Waals surface area (Å²) >= 11 is 8.51. The second-order valence-electron chi connectivity index (χ2n) is 9.39. The summed E-state index contributed by atoms with van der Waals surface area (Å²) in [6.45, 7) is 4.16. The molecule has 45 heavy (non-hydrogen) atoms. The van der Waals surface area contributed by atoms with Crippen LogP contribution in [0.2, 0.25) is 0 Å². The van der Waals surface area contributed by atoms with Crippen molar-refractivity contribution in [1.29, 1.82) is 0 Å². The van der Waals surface area contributed by atoms with E-state index in [0.29, 0.717) is 31.5 Å². The lowest BCUT2D eigenvalue weighted by molar-refractivity contribution is -0.129. The molecule has 16 heteroatoms. The molecule has 244 valence electrons. The number of carbonyl (C=O) groups excluding carboxylic acids is 2. The highest BCUT2D eigenvalue weighted by molar-refractivity contribution is 14.1. The SMILES string of the molecule is CCC(O)CC(O)CC(C)O.O=C(n1ccnc1)n1ccnc1.O=COCc1cc(I)c(Oc2cc(I)c(O)c(I)c2)c(I)c1. The molecule has 0 aliphatic heterocycles. The third-order valence-corrected chi connectivity index (χ3v) is 8.91. The van der Waals surface area contributed by atoms with Gasteiger partial charge in [0.25, 0.3) is 6.47 Å². The average Bonchev–Trinajstić information content (AvgIpc) is 3.72. The van der Waals surface area contributed by atoms with Gasteiger partial charge in [-0.05, 0) is 146 Å². The number of aromatic nitrogens is 4. The number of aromatic hydroxyl groups is 1. The molecule has 0 saturated carbocycles. The summed E-state index contributed by atoms with van der Waals surface area (Å²) in [6, 6.07) is 7.21. The van der Waals surface area contributed by atoms with Crippen molar-refractivity contribution in [2.24, 2.45) is 0 Å². The number of ether oxygens (including phenoxy) is 2. The molecule has 0 amide bonds. The van der Waals surface area contributed by atoms with Crippen molar-refractivity contribution in [3.63, 3.8) is 0 Å². The number of rotatable bonds is 10. The van der Waals surface area contributed by atoms with Gasteiger partial charge in [-0.1, -0.05) is 6.92 Å². The third kappa shape index (κ3) is 14.0. The number of halogens is 4. The van der Waals surface area contributed by atoms with E-state index in [0.717, 1.165) is 25.6 Å². The topological polar surface area (TPSA) is 169 Å². The van der Waals surface area contributed by atoms with Gasteiger partial charge in [0, 0.05) is 24.8 Å². The summed E-state index contributed by atoms with van der Waals surface area (Å²) in [5.74, 6) is 1.67. The van der Waals surface area contributed by atoms with Crippen LogP contribution >= 0.6 is 90.4 Å². The Morgan fingerprint density at radius 3 is 1.84 bits per heavy atom. The van der Waals surface area contributed by atoms with Crippen LogP contribution in [-0.4, -0.2) is 70.3 Å². The molecule has 0 radical (unpaired) electrons. The smallest absolute Gasteiger partial charge is 0.338 e. The Morgan fingerprint density at radius 1 is 0.889 bits per heavy atom. The lowest BCUT2D eigenvalue weighted by Crippen LogP contribution is -2.20. The van der Waals surface area contributed by atoms with Crippen LogP contribution < -0.4 is 4.74 Å². The molecule has 4 rings (SSSR count). The molecule has 4 aromatic rings. The summed E-state index contributed by atoms with van der Waals surface area (Å²) in [7, 11) is 0. The standard InChI is InChI=1S/C14H8I4O4.C8H18O3.C7H6N4O/c15-9-3-8(4-10(16)13(9)20)22-14-11(17)1-7(2-12(14)18)5-21-6-19;1-3-7(10)5-8(11)4-6(2)9;12-7(10-3-1-8-5-10)11-4-2-9-6-11/h1-4,6,20H,5H2;6-11H,3-5H2,1-2H3;1-6H.